The predicted molar refractivity (Wildman–Crippen MR) is 92.3 cm³/mol. The average Bonchev–Trinajstić information content (AvgIpc) is 3.08. The maximum atomic E-state index is 12.7. The summed E-state index contributed by atoms with van der Waals surface area (Å²) in [6.07, 6.45) is 2.95. The van der Waals surface area contributed by atoms with Gasteiger partial charge in [0, 0.05) is 18.7 Å². The number of nitrogens with two attached hydrogens (primary N) is 1. The summed E-state index contributed by atoms with van der Waals surface area (Å²) in [4.78, 5) is 25.6. The van der Waals surface area contributed by atoms with Gasteiger partial charge in [0.05, 0.1) is 6.54 Å². The Kier molecular flexibility index (Phi) is 6.33. The van der Waals surface area contributed by atoms with E-state index in [0.717, 1.165) is 25.7 Å². The van der Waals surface area contributed by atoms with Crippen molar-refractivity contribution >= 4 is 35.3 Å². The number of hydrogen-bond acceptors (Lipinski definition) is 7. The summed E-state index contributed by atoms with van der Waals surface area (Å²) in [6.45, 7) is -0.0995. The quantitative estimate of drug-likeness (QED) is 0.814. The van der Waals surface area contributed by atoms with Gasteiger partial charge in [0.1, 0.15) is 17.1 Å². The Morgan fingerprint density at radius 2 is 1.92 bits per heavy atom. The van der Waals surface area contributed by atoms with Crippen molar-refractivity contribution in [1.29, 1.82) is 0 Å². The van der Waals surface area contributed by atoms with Crippen molar-refractivity contribution in [2.45, 2.75) is 37.8 Å². The van der Waals surface area contributed by atoms with E-state index in [1.165, 1.54) is 0 Å². The summed E-state index contributed by atoms with van der Waals surface area (Å²) in [5.41, 5.74) is 6.99. The van der Waals surface area contributed by atoms with Crippen LogP contribution in [0.25, 0.3) is 11.0 Å². The zero-order valence-electron chi connectivity index (χ0n) is 13.9. The van der Waals surface area contributed by atoms with E-state index in [-0.39, 0.29) is 43.0 Å². The number of ether oxygens (including phenoxy) is 1. The van der Waals surface area contributed by atoms with Gasteiger partial charge in [-0.3, -0.25) is 9.59 Å². The molecule has 1 saturated carbocycles. The fraction of sp³-hybridized carbons (Fsp3) is 0.500. The molecule has 2 N–H and O–H groups in total. The second kappa shape index (κ2) is 8.26. The number of carbonyl (C=O) groups excluding carboxylic acids is 2. The van der Waals surface area contributed by atoms with Crippen molar-refractivity contribution in [3.05, 3.63) is 23.8 Å². The van der Waals surface area contributed by atoms with E-state index in [1.807, 2.05) is 0 Å². The van der Waals surface area contributed by atoms with Crippen molar-refractivity contribution in [3.8, 4) is 0 Å². The van der Waals surface area contributed by atoms with E-state index in [9.17, 15) is 9.59 Å². The zero-order chi connectivity index (χ0) is 17.1. The Morgan fingerprint density at radius 3 is 2.60 bits per heavy atom. The minimum absolute atomic E-state index is 0. The molecule has 3 rings (SSSR count). The fourth-order valence-electron chi connectivity index (χ4n) is 3.07. The second-order valence-corrected chi connectivity index (χ2v) is 6.01. The van der Waals surface area contributed by atoms with Crippen LogP contribution in [0.4, 0.5) is 0 Å². The average molecular weight is 369 g/mol. The Hall–Kier alpha value is -2.19. The van der Waals surface area contributed by atoms with Gasteiger partial charge in [-0.05, 0) is 54.2 Å². The van der Waals surface area contributed by atoms with Gasteiger partial charge in [-0.1, -0.05) is 0 Å². The van der Waals surface area contributed by atoms with Gasteiger partial charge in [-0.25, -0.2) is 4.63 Å². The summed E-state index contributed by atoms with van der Waals surface area (Å²) in [7, 11) is 1.80. The summed E-state index contributed by atoms with van der Waals surface area (Å²) in [5, 5.41) is 7.50. The first-order chi connectivity index (χ1) is 11.6. The van der Waals surface area contributed by atoms with E-state index in [2.05, 4.69) is 14.9 Å². The van der Waals surface area contributed by atoms with Crippen LogP contribution in [0.15, 0.2) is 22.8 Å². The highest BCUT2D eigenvalue weighted by Crippen LogP contribution is 2.26. The first kappa shape index (κ1) is 19.1. The third kappa shape index (κ3) is 4.26. The molecular weight excluding hydrogens is 348 g/mol. The van der Waals surface area contributed by atoms with Crippen LogP contribution in [-0.2, 0) is 9.53 Å². The van der Waals surface area contributed by atoms with Gasteiger partial charge in [0.15, 0.2) is 0 Å². The van der Waals surface area contributed by atoms with E-state index >= 15 is 0 Å². The molecule has 0 aliphatic heterocycles. The van der Waals surface area contributed by atoms with Crippen molar-refractivity contribution in [2.75, 3.05) is 13.6 Å². The summed E-state index contributed by atoms with van der Waals surface area (Å²) >= 11 is 0. The van der Waals surface area contributed by atoms with Crippen molar-refractivity contribution in [1.82, 2.24) is 15.2 Å². The third-order valence-electron chi connectivity index (χ3n) is 4.48. The van der Waals surface area contributed by atoms with Crippen LogP contribution in [0.2, 0.25) is 0 Å². The third-order valence-corrected chi connectivity index (χ3v) is 4.48. The summed E-state index contributed by atoms with van der Waals surface area (Å²) in [5.74, 6) is -0.445. The van der Waals surface area contributed by atoms with Crippen LogP contribution >= 0.6 is 12.4 Å². The van der Waals surface area contributed by atoms with Crippen molar-refractivity contribution < 1.29 is 19.0 Å². The highest BCUT2D eigenvalue weighted by molar-refractivity contribution is 5.97. The monoisotopic (exact) mass is 368 g/mol. The van der Waals surface area contributed by atoms with Crippen LogP contribution in [0.1, 0.15) is 36.0 Å². The SMILES string of the molecule is CN(C(=O)c1ccc2nonc2c1)[C@H]1CC[C@H](OC(=O)CN)CC1.Cl. The molecule has 1 aliphatic carbocycles. The van der Waals surface area contributed by atoms with Gasteiger partial charge in [-0.15, -0.1) is 12.4 Å². The number of esters is 1. The Bertz CT molecular complexity index is 743. The number of carbonyl (C=O) groups is 2. The maximum absolute atomic E-state index is 12.7. The molecule has 0 unspecified atom stereocenters. The number of rotatable bonds is 4. The van der Waals surface area contributed by atoms with Crippen LogP contribution in [-0.4, -0.2) is 52.8 Å². The topological polar surface area (TPSA) is 112 Å². The van der Waals surface area contributed by atoms with Crippen molar-refractivity contribution in [3.63, 3.8) is 0 Å². The highest BCUT2D eigenvalue weighted by Gasteiger charge is 2.28. The number of amides is 1. The molecule has 9 heteroatoms. The molecule has 0 radical (unpaired) electrons. The molecule has 8 nitrogen and oxygen atoms in total. The molecule has 1 heterocycles. The maximum Gasteiger partial charge on any atom is 0.319 e. The molecule has 0 saturated heterocycles. The number of nitrogens with zero attached hydrogens (tertiary/aromatic N) is 3. The molecule has 1 aromatic carbocycles. The number of benzene rings is 1. The molecule has 1 aromatic heterocycles. The largest absolute Gasteiger partial charge is 0.461 e. The minimum Gasteiger partial charge on any atom is -0.461 e. The van der Waals surface area contributed by atoms with Crippen LogP contribution in [0.3, 0.4) is 0 Å². The zero-order valence-corrected chi connectivity index (χ0v) is 14.7. The number of halogens is 1. The summed E-state index contributed by atoms with van der Waals surface area (Å²) < 4.78 is 9.91. The molecule has 1 amide bonds. The second-order valence-electron chi connectivity index (χ2n) is 6.01. The molecule has 25 heavy (non-hydrogen) atoms. The molecule has 1 fully saturated rings. The normalized spacial score (nSPS) is 19.9. The summed E-state index contributed by atoms with van der Waals surface area (Å²) in [6, 6.07) is 5.24. The molecule has 136 valence electrons. The standard InChI is InChI=1S/C16H20N4O4.ClH/c1-20(11-3-5-12(6-4-11)23-15(21)9-17)16(22)10-2-7-13-14(8-10)19-24-18-13;/h2,7-8,11-12H,3-6,9,17H2,1H3;1H/t11-,12-;. The molecule has 2 aromatic rings. The Morgan fingerprint density at radius 1 is 1.24 bits per heavy atom. The number of hydrogen-bond donors (Lipinski definition) is 1. The van der Waals surface area contributed by atoms with Crippen LogP contribution in [0.5, 0.6) is 0 Å². The molecular formula is C16H21ClN4O4. The van der Waals surface area contributed by atoms with Gasteiger partial charge < -0.3 is 15.4 Å². The van der Waals surface area contributed by atoms with Crippen LogP contribution in [0, 0.1) is 0 Å². The first-order valence-corrected chi connectivity index (χ1v) is 7.97. The first-order valence-electron chi connectivity index (χ1n) is 7.97. The minimum atomic E-state index is -0.377. The smallest absolute Gasteiger partial charge is 0.319 e. The lowest BCUT2D eigenvalue weighted by atomic mass is 9.91. The Balaban J connectivity index is 0.00000225. The highest BCUT2D eigenvalue weighted by atomic mass is 35.5. The lowest BCUT2D eigenvalue weighted by molar-refractivity contribution is -0.149. The van der Waals surface area contributed by atoms with E-state index in [0.29, 0.717) is 16.6 Å². The lowest BCUT2D eigenvalue weighted by Crippen LogP contribution is -2.41. The van der Waals surface area contributed by atoms with Gasteiger partial charge in [0.25, 0.3) is 5.91 Å². The van der Waals surface area contributed by atoms with Gasteiger partial charge >= 0.3 is 5.97 Å². The lowest BCUT2D eigenvalue weighted by Gasteiger charge is -2.34. The number of fused-ring (bicyclic) bond motifs is 1. The van der Waals surface area contributed by atoms with E-state index in [4.69, 9.17) is 10.5 Å². The Labute approximate surface area is 151 Å². The van der Waals surface area contributed by atoms with E-state index in [1.54, 1.807) is 30.1 Å². The van der Waals surface area contributed by atoms with Gasteiger partial charge in [-0.2, -0.15) is 0 Å². The molecule has 0 bridgehead atoms. The molecule has 0 atom stereocenters. The van der Waals surface area contributed by atoms with Crippen LogP contribution < -0.4 is 5.73 Å². The van der Waals surface area contributed by atoms with Gasteiger partial charge in [0.2, 0.25) is 0 Å². The van der Waals surface area contributed by atoms with Crippen molar-refractivity contribution in [2.24, 2.45) is 5.73 Å². The molecule has 0 spiro atoms. The number of aromatic nitrogens is 2. The van der Waals surface area contributed by atoms with E-state index < -0.39 is 0 Å². The molecule has 1 aliphatic rings. The fourth-order valence-corrected chi connectivity index (χ4v) is 3.07. The predicted octanol–water partition coefficient (Wildman–Crippen LogP) is 1.53.